The van der Waals surface area contributed by atoms with E-state index >= 15 is 0 Å². The van der Waals surface area contributed by atoms with E-state index in [-0.39, 0.29) is 21.9 Å². The molecular formula is C101H141N9O10. The number of fused-ring (bicyclic) bond motifs is 3. The van der Waals surface area contributed by atoms with Gasteiger partial charge in [-0.1, -0.05) is 89.4 Å². The van der Waals surface area contributed by atoms with Gasteiger partial charge in [0.2, 0.25) is 0 Å². The number of morpholine rings is 2. The van der Waals surface area contributed by atoms with Crippen LogP contribution in [0.15, 0.2) is 167 Å². The van der Waals surface area contributed by atoms with Crippen LogP contribution in [-0.2, 0) is 39.2 Å². The molecular weight excluding hydrogens is 1500 g/mol. The van der Waals surface area contributed by atoms with Gasteiger partial charge in [-0.2, -0.15) is 0 Å². The molecule has 2 unspecified atom stereocenters. The Bertz CT molecular complexity index is 4820. The molecule has 0 amide bonds. The summed E-state index contributed by atoms with van der Waals surface area (Å²) in [4.78, 5) is 74.8. The van der Waals surface area contributed by atoms with Crippen molar-refractivity contribution in [1.29, 1.82) is 0 Å². The maximum Gasteiger partial charge on any atom is 0.303 e. The quantitative estimate of drug-likeness (QED) is 0.0912. The highest BCUT2D eigenvalue weighted by atomic mass is 16.5. The number of ether oxygens (including phenoxy) is 2. The number of rotatable bonds is 13. The van der Waals surface area contributed by atoms with Gasteiger partial charge in [-0.15, -0.1) is 6.58 Å². The number of benzene rings is 3. The number of aromatic nitrogens is 6. The van der Waals surface area contributed by atoms with Crippen molar-refractivity contribution >= 4 is 62.1 Å². The summed E-state index contributed by atoms with van der Waals surface area (Å²) in [7, 11) is 1.95. The van der Waals surface area contributed by atoms with Crippen LogP contribution in [0.1, 0.15) is 215 Å². The number of pyridine rings is 6. The molecule has 11 fully saturated rings. The van der Waals surface area contributed by atoms with E-state index in [9.17, 15) is 29.1 Å². The zero-order valence-corrected chi connectivity index (χ0v) is 74.7. The first-order chi connectivity index (χ1) is 57.6. The molecule has 3 aliphatic heterocycles. The summed E-state index contributed by atoms with van der Waals surface area (Å²) < 4.78 is 16.7. The topological polar surface area (TPSA) is 228 Å². The third-order valence-corrected chi connectivity index (χ3v) is 25.5. The lowest BCUT2D eigenvalue weighted by Gasteiger charge is -2.60. The molecule has 8 saturated carbocycles. The SMILES string of the molecule is C=CCn1cc(C)c(=O)c2ccccc21.CCC12CC3CC(CC(C3)C1)C2.CCC12CC3CC(CC(O)(C3)C1)C2.CCCC(=O)O.CCCCC(=O)O.CCn1cc(C)c(=O)c2ccccc21.Cc1cc(C)nc(N2CCOCC2)c1.Cc1ccnc(N2CCCCC2)c1.Cc1ccnc(N2CCOCC2)c1.Cc1cn(C)c2ccccc2c1=O. The second-order valence-electron chi connectivity index (χ2n) is 35.5. The lowest BCUT2D eigenvalue weighted by atomic mass is 9.47. The van der Waals surface area contributed by atoms with Gasteiger partial charge in [-0.25, -0.2) is 15.0 Å². The maximum absolute atomic E-state index is 11.8. The maximum atomic E-state index is 11.8. The van der Waals surface area contributed by atoms with E-state index in [2.05, 4.69) is 107 Å². The minimum Gasteiger partial charge on any atom is -0.481 e. The highest BCUT2D eigenvalue weighted by Gasteiger charge is 2.56. The molecule has 8 bridgehead atoms. The van der Waals surface area contributed by atoms with E-state index in [1.807, 2.05) is 180 Å². The summed E-state index contributed by atoms with van der Waals surface area (Å²) in [6, 6.07) is 35.6. The summed E-state index contributed by atoms with van der Waals surface area (Å²) in [5.74, 6) is 7.09. The predicted octanol–water partition coefficient (Wildman–Crippen LogP) is 20.3. The molecule has 2 atom stereocenters. The molecule has 3 N–H and O–H groups in total. The van der Waals surface area contributed by atoms with Gasteiger partial charge in [0.25, 0.3) is 0 Å². The fourth-order valence-electron chi connectivity index (χ4n) is 20.3. The second kappa shape index (κ2) is 46.1. The molecule has 0 radical (unpaired) electrons. The number of unbranched alkanes of at least 4 members (excludes halogenated alkanes) is 1. The van der Waals surface area contributed by atoms with Crippen LogP contribution in [-0.4, -0.2) is 127 Å². The van der Waals surface area contributed by atoms with Gasteiger partial charge < -0.3 is 53.2 Å². The van der Waals surface area contributed by atoms with Crippen molar-refractivity contribution in [1.82, 2.24) is 28.7 Å². The molecule has 650 valence electrons. The zero-order chi connectivity index (χ0) is 86.5. The van der Waals surface area contributed by atoms with E-state index in [0.29, 0.717) is 18.3 Å². The van der Waals surface area contributed by atoms with Crippen molar-refractivity contribution in [2.45, 2.75) is 243 Å². The van der Waals surface area contributed by atoms with Crippen LogP contribution in [0.2, 0.25) is 0 Å². The summed E-state index contributed by atoms with van der Waals surface area (Å²) in [5, 5.41) is 28.7. The van der Waals surface area contributed by atoms with Crippen LogP contribution < -0.4 is 31.0 Å². The minimum absolute atomic E-state index is 0.117. The van der Waals surface area contributed by atoms with Crippen molar-refractivity contribution < 1.29 is 34.4 Å². The lowest BCUT2D eigenvalue weighted by Crippen LogP contribution is -2.55. The minimum atomic E-state index is -0.711. The Hall–Kier alpha value is -9.30. The number of aliphatic carboxylic acids is 2. The fourth-order valence-corrected chi connectivity index (χ4v) is 20.3. The molecule has 20 rings (SSSR count). The van der Waals surface area contributed by atoms with Crippen molar-refractivity contribution in [3.63, 3.8) is 0 Å². The monoisotopic (exact) mass is 1640 g/mol. The Labute approximate surface area is 714 Å². The number of allylic oxidation sites excluding steroid dienone is 1. The molecule has 19 heteroatoms. The van der Waals surface area contributed by atoms with Crippen LogP contribution in [0.4, 0.5) is 17.5 Å². The number of carboxylic acids is 2. The molecule has 11 aliphatic rings. The Morgan fingerprint density at radius 3 is 1.32 bits per heavy atom. The summed E-state index contributed by atoms with van der Waals surface area (Å²) in [6.07, 6.45) is 38.3. The predicted molar refractivity (Wildman–Crippen MR) is 492 cm³/mol. The third kappa shape index (κ3) is 27.4. The lowest BCUT2D eigenvalue weighted by molar-refractivity contribution is -0.164. The first-order valence-electron chi connectivity index (χ1n) is 44.8. The van der Waals surface area contributed by atoms with Crippen LogP contribution >= 0.6 is 0 Å². The highest BCUT2D eigenvalue weighted by Crippen LogP contribution is 2.63. The Balaban J connectivity index is 0.000000153. The number of hydrogen-bond acceptors (Lipinski definition) is 14. The number of carbonyl (C=O) groups is 2. The average molecular weight is 1640 g/mol. The number of carboxylic acid groups (broad SMARTS) is 2. The highest BCUT2D eigenvalue weighted by molar-refractivity contribution is 5.81. The van der Waals surface area contributed by atoms with Crippen LogP contribution in [0, 0.1) is 88.9 Å². The molecule has 8 aliphatic carbocycles. The molecule has 6 aromatic heterocycles. The van der Waals surface area contributed by atoms with Gasteiger partial charge in [0.1, 0.15) is 17.5 Å². The van der Waals surface area contributed by atoms with Crippen molar-refractivity contribution in [2.24, 2.45) is 47.5 Å². The van der Waals surface area contributed by atoms with Crippen molar-refractivity contribution in [2.75, 3.05) is 80.4 Å². The Morgan fingerprint density at radius 2 is 0.900 bits per heavy atom. The summed E-state index contributed by atoms with van der Waals surface area (Å²) in [5.41, 5.74) is 11.8. The molecule has 19 nitrogen and oxygen atoms in total. The number of piperidine rings is 1. The van der Waals surface area contributed by atoms with Gasteiger partial charge in [-0.3, -0.25) is 24.0 Å². The van der Waals surface area contributed by atoms with E-state index in [1.165, 1.54) is 81.1 Å². The van der Waals surface area contributed by atoms with Gasteiger partial charge in [0, 0.05) is 142 Å². The standard InChI is InChI=1S/C13H13NO.C12H13NO.C12H20O.C12H20.C11H16N2O.C11H16N2.C11H11NO.C10H14N2O.C5H10O2.C4H8O2/c1-3-8-14-9-10(2)13(15)11-6-4-5-7-12(11)14;1-3-13-8-9(2)12(14)10-6-4-5-7-11(10)13;1-2-11-4-9-3-10(5-11)7-12(13,6-9)8-11;1-2-12-6-9-3-10(7-12)5-11(4-9)8-12;1-9-7-10(2)12-11(8-9)13-3-5-14-6-4-13;1-10-5-6-12-11(9-10)13-7-3-2-4-8-13;1-8-7-12(2)10-6-4-3-5-9(10)11(8)13;1-9-2-3-11-10(8-9)12-4-6-13-7-5-12;1-2-3-4-5(6)7;1-2-3-4(5)6/h3-7,9H,1,8H2,2H3;4-8H,3H2,1-2H3;9-10,13H,2-8H2,1H3;9-11H,2-8H2,1H3;7-8H,3-6H2,1-2H3;5-6,9H,2-4,7-8H2,1H3;3-7H,1-2H3;2-3,8H,4-7H2,1H3;2-4H2,1H3,(H,6,7);2-3H2,1H3,(H,5,6). The number of anilines is 3. The Morgan fingerprint density at radius 1 is 0.483 bits per heavy atom. The van der Waals surface area contributed by atoms with Gasteiger partial charge in [0.05, 0.1) is 48.6 Å². The van der Waals surface area contributed by atoms with Crippen molar-refractivity contribution in [3.05, 3.63) is 223 Å². The summed E-state index contributed by atoms with van der Waals surface area (Å²) in [6.45, 7) is 39.3. The normalized spacial score (nSPS) is 22.4. The molecule has 120 heavy (non-hydrogen) atoms. The number of aliphatic hydroxyl groups is 1. The molecule has 3 aromatic carbocycles. The van der Waals surface area contributed by atoms with E-state index < -0.39 is 11.9 Å². The van der Waals surface area contributed by atoms with Crippen LogP contribution in [0.5, 0.6) is 0 Å². The van der Waals surface area contributed by atoms with Gasteiger partial charge in [-0.05, 0) is 294 Å². The summed E-state index contributed by atoms with van der Waals surface area (Å²) >= 11 is 0. The average Bonchev–Trinajstić information content (AvgIpc) is 0.734. The molecule has 3 saturated heterocycles. The van der Waals surface area contributed by atoms with Gasteiger partial charge >= 0.3 is 11.9 Å². The first-order valence-corrected chi connectivity index (χ1v) is 44.8. The van der Waals surface area contributed by atoms with Crippen LogP contribution in [0.25, 0.3) is 32.7 Å². The molecule has 9 aromatic rings. The number of aryl methyl sites for hydroxylation is 9. The number of nitrogens with zero attached hydrogens (tertiary/aromatic N) is 9. The smallest absolute Gasteiger partial charge is 0.303 e. The van der Waals surface area contributed by atoms with E-state index in [0.717, 1.165) is 212 Å². The zero-order valence-electron chi connectivity index (χ0n) is 74.7. The molecule has 9 heterocycles. The largest absolute Gasteiger partial charge is 0.481 e. The fraction of sp³-hybridized carbons (Fsp3) is 0.545. The van der Waals surface area contributed by atoms with Gasteiger partial charge in [0.15, 0.2) is 16.3 Å². The number of para-hydroxylation sites is 3. The third-order valence-electron chi connectivity index (χ3n) is 25.5. The van der Waals surface area contributed by atoms with E-state index in [4.69, 9.17) is 19.7 Å². The first kappa shape index (κ1) is 94.5. The number of hydrogen-bond donors (Lipinski definition) is 3. The second-order valence-corrected chi connectivity index (χ2v) is 35.5. The van der Waals surface area contributed by atoms with E-state index in [1.54, 1.807) is 38.5 Å². The van der Waals surface area contributed by atoms with Crippen molar-refractivity contribution in [3.8, 4) is 0 Å². The molecule has 0 spiro atoms. The van der Waals surface area contributed by atoms with Crippen LogP contribution in [0.3, 0.4) is 0 Å². The Kier molecular flexibility index (Phi) is 36.3.